The monoisotopic (exact) mass is 235 g/mol. The van der Waals surface area contributed by atoms with Gasteiger partial charge in [0.05, 0.1) is 0 Å². The summed E-state index contributed by atoms with van der Waals surface area (Å²) in [5, 5.41) is 12.8. The van der Waals surface area contributed by atoms with E-state index in [1.807, 2.05) is 0 Å². The molecule has 1 aromatic carbocycles. The summed E-state index contributed by atoms with van der Waals surface area (Å²) in [5.74, 6) is -1.33. The fourth-order valence-electron chi connectivity index (χ4n) is 3.37. The van der Waals surface area contributed by atoms with Crippen LogP contribution in [0.3, 0.4) is 0 Å². The highest BCUT2D eigenvalue weighted by Gasteiger charge is 2.57. The van der Waals surface area contributed by atoms with Crippen molar-refractivity contribution in [2.24, 2.45) is 0 Å². The number of aliphatic carboxylic acids is 1. The van der Waals surface area contributed by atoms with Gasteiger partial charge in [-0.15, -0.1) is 0 Å². The lowest BCUT2D eigenvalue weighted by Gasteiger charge is -2.32. The van der Waals surface area contributed by atoms with Gasteiger partial charge in [0.1, 0.15) is 11.2 Å². The van der Waals surface area contributed by atoms with E-state index in [0.29, 0.717) is 12.0 Å². The summed E-state index contributed by atoms with van der Waals surface area (Å²) in [6.07, 6.45) is 2.30. The molecular formula is C13H14FNO2. The van der Waals surface area contributed by atoms with Gasteiger partial charge in [-0.25, -0.2) is 4.39 Å². The number of fused-ring (bicyclic) bond motifs is 2. The van der Waals surface area contributed by atoms with Crippen molar-refractivity contribution in [3.8, 4) is 0 Å². The van der Waals surface area contributed by atoms with Crippen LogP contribution in [0, 0.1) is 5.82 Å². The van der Waals surface area contributed by atoms with Crippen LogP contribution in [0.4, 0.5) is 4.39 Å². The first-order chi connectivity index (χ1) is 8.14. The molecule has 0 aliphatic carbocycles. The summed E-state index contributed by atoms with van der Waals surface area (Å²) in [6.45, 7) is 0. The number of hydrogen-bond acceptors (Lipinski definition) is 2. The van der Waals surface area contributed by atoms with Crippen LogP contribution in [-0.2, 0) is 10.2 Å². The maximum absolute atomic E-state index is 13.9. The van der Waals surface area contributed by atoms with Crippen LogP contribution in [0.1, 0.15) is 24.8 Å². The Morgan fingerprint density at radius 2 is 2.18 bits per heavy atom. The van der Waals surface area contributed by atoms with Gasteiger partial charge in [-0.3, -0.25) is 4.79 Å². The van der Waals surface area contributed by atoms with Crippen LogP contribution in [0.2, 0.25) is 0 Å². The second kappa shape index (κ2) is 3.53. The summed E-state index contributed by atoms with van der Waals surface area (Å²) >= 11 is 0. The Labute approximate surface area is 98.6 Å². The summed E-state index contributed by atoms with van der Waals surface area (Å²) in [7, 11) is 0. The molecule has 0 aromatic heterocycles. The molecule has 17 heavy (non-hydrogen) atoms. The third kappa shape index (κ3) is 1.33. The minimum absolute atomic E-state index is 0.137. The molecule has 2 aliphatic rings. The number of halogens is 1. The lowest BCUT2D eigenvalue weighted by molar-refractivity contribution is -0.144. The third-order valence-electron chi connectivity index (χ3n) is 4.14. The summed E-state index contributed by atoms with van der Waals surface area (Å²) in [5.41, 5.74) is -0.749. The quantitative estimate of drug-likeness (QED) is 0.819. The molecular weight excluding hydrogens is 221 g/mol. The Balaban J connectivity index is 2.14. The summed E-state index contributed by atoms with van der Waals surface area (Å²) in [4.78, 5) is 11.7. The first-order valence-electron chi connectivity index (χ1n) is 5.89. The van der Waals surface area contributed by atoms with Gasteiger partial charge in [-0.2, -0.15) is 0 Å². The molecule has 1 aromatic rings. The fourth-order valence-corrected chi connectivity index (χ4v) is 3.37. The first-order valence-corrected chi connectivity index (χ1v) is 5.89. The van der Waals surface area contributed by atoms with E-state index in [4.69, 9.17) is 0 Å². The molecule has 3 rings (SSSR count). The minimum atomic E-state index is -1.08. The molecule has 90 valence electrons. The van der Waals surface area contributed by atoms with Gasteiger partial charge >= 0.3 is 5.97 Å². The van der Waals surface area contributed by atoms with Gasteiger partial charge in [0.15, 0.2) is 0 Å². The predicted molar refractivity (Wildman–Crippen MR) is 60.3 cm³/mol. The van der Waals surface area contributed by atoms with Gasteiger partial charge in [-0.1, -0.05) is 18.2 Å². The fraction of sp³-hybridized carbons (Fsp3) is 0.462. The molecule has 0 spiro atoms. The van der Waals surface area contributed by atoms with Crippen LogP contribution in [-0.4, -0.2) is 23.2 Å². The van der Waals surface area contributed by atoms with Crippen LogP contribution in [0.5, 0.6) is 0 Å². The molecule has 3 nitrogen and oxygen atoms in total. The minimum Gasteiger partial charge on any atom is -0.481 e. The molecule has 3 atom stereocenters. The summed E-state index contributed by atoms with van der Waals surface area (Å²) in [6, 6.07) is 6.32. The van der Waals surface area contributed by atoms with Crippen molar-refractivity contribution in [2.75, 3.05) is 0 Å². The van der Waals surface area contributed by atoms with Gasteiger partial charge in [0.2, 0.25) is 0 Å². The average molecular weight is 235 g/mol. The van der Waals surface area contributed by atoms with Crippen molar-refractivity contribution < 1.29 is 14.3 Å². The molecule has 0 amide bonds. The number of carboxylic acid groups (broad SMARTS) is 1. The van der Waals surface area contributed by atoms with Crippen molar-refractivity contribution in [1.29, 1.82) is 0 Å². The van der Waals surface area contributed by atoms with Gasteiger partial charge < -0.3 is 10.4 Å². The largest absolute Gasteiger partial charge is 0.481 e. The topological polar surface area (TPSA) is 49.3 Å². The maximum Gasteiger partial charge on any atom is 0.315 e. The van der Waals surface area contributed by atoms with Crippen LogP contribution >= 0.6 is 0 Å². The molecule has 2 fully saturated rings. The molecule has 2 saturated heterocycles. The number of benzene rings is 1. The van der Waals surface area contributed by atoms with E-state index in [2.05, 4.69) is 5.32 Å². The van der Waals surface area contributed by atoms with Gasteiger partial charge in [-0.05, 0) is 25.3 Å². The zero-order valence-electron chi connectivity index (χ0n) is 9.32. The number of hydrogen-bond donors (Lipinski definition) is 2. The van der Waals surface area contributed by atoms with Crippen molar-refractivity contribution in [2.45, 2.75) is 36.8 Å². The summed E-state index contributed by atoms with van der Waals surface area (Å²) < 4.78 is 13.9. The lowest BCUT2D eigenvalue weighted by atomic mass is 9.69. The van der Waals surface area contributed by atoms with E-state index >= 15 is 0 Å². The molecule has 2 heterocycles. The zero-order valence-corrected chi connectivity index (χ0v) is 9.32. The molecule has 0 saturated carbocycles. The highest BCUT2D eigenvalue weighted by Crippen LogP contribution is 2.46. The van der Waals surface area contributed by atoms with E-state index in [1.54, 1.807) is 18.2 Å². The van der Waals surface area contributed by atoms with E-state index < -0.39 is 17.2 Å². The normalized spacial score (nSPS) is 35.1. The smallest absolute Gasteiger partial charge is 0.315 e. The first kappa shape index (κ1) is 10.7. The maximum atomic E-state index is 13.9. The highest BCUT2D eigenvalue weighted by atomic mass is 19.1. The second-order valence-corrected chi connectivity index (χ2v) is 4.95. The Morgan fingerprint density at radius 3 is 2.71 bits per heavy atom. The third-order valence-corrected chi connectivity index (χ3v) is 4.14. The number of carboxylic acids is 1. The Kier molecular flexibility index (Phi) is 2.23. The highest BCUT2D eigenvalue weighted by molar-refractivity contribution is 5.83. The standard InChI is InChI=1S/C13H14FNO2/c14-10-4-2-1-3-9(10)13(12(16)17)7-8-5-6-11(13)15-8/h1-4,8,11,15H,5-7H2,(H,16,17). The number of rotatable bonds is 2. The van der Waals surface area contributed by atoms with Crippen LogP contribution in [0.15, 0.2) is 24.3 Å². The molecule has 4 heteroatoms. The van der Waals surface area contributed by atoms with E-state index in [-0.39, 0.29) is 12.1 Å². The molecule has 2 bridgehead atoms. The molecule has 2 N–H and O–H groups in total. The number of nitrogens with one attached hydrogen (secondary N) is 1. The zero-order chi connectivity index (χ0) is 12.0. The Bertz CT molecular complexity index is 476. The van der Waals surface area contributed by atoms with Crippen molar-refractivity contribution >= 4 is 5.97 Å². The van der Waals surface area contributed by atoms with E-state index in [0.717, 1.165) is 12.8 Å². The average Bonchev–Trinajstić information content (AvgIpc) is 2.89. The second-order valence-electron chi connectivity index (χ2n) is 4.95. The lowest BCUT2D eigenvalue weighted by Crippen LogP contribution is -2.46. The molecule has 2 aliphatic heterocycles. The van der Waals surface area contributed by atoms with E-state index in [1.165, 1.54) is 6.07 Å². The predicted octanol–water partition coefficient (Wildman–Crippen LogP) is 1.67. The van der Waals surface area contributed by atoms with Crippen LogP contribution in [0.25, 0.3) is 0 Å². The van der Waals surface area contributed by atoms with Crippen molar-refractivity contribution in [3.63, 3.8) is 0 Å². The molecule has 0 radical (unpaired) electrons. The van der Waals surface area contributed by atoms with Gasteiger partial charge in [0.25, 0.3) is 0 Å². The SMILES string of the molecule is O=C(O)C1(c2ccccc2F)CC2CCC1N2. The van der Waals surface area contributed by atoms with Gasteiger partial charge in [0, 0.05) is 17.6 Å². The number of carbonyl (C=O) groups is 1. The Hall–Kier alpha value is -1.42. The van der Waals surface area contributed by atoms with Crippen molar-refractivity contribution in [1.82, 2.24) is 5.32 Å². The Morgan fingerprint density at radius 1 is 1.41 bits per heavy atom. The molecule has 3 unspecified atom stereocenters. The van der Waals surface area contributed by atoms with Crippen molar-refractivity contribution in [3.05, 3.63) is 35.6 Å². The van der Waals surface area contributed by atoms with Crippen LogP contribution < -0.4 is 5.32 Å². The van der Waals surface area contributed by atoms with E-state index in [9.17, 15) is 14.3 Å².